The summed E-state index contributed by atoms with van der Waals surface area (Å²) in [7, 11) is 3.17. The highest BCUT2D eigenvalue weighted by molar-refractivity contribution is 5.87. The van der Waals surface area contributed by atoms with Gasteiger partial charge in [-0.05, 0) is 12.1 Å². The fraction of sp³-hybridized carbons (Fsp3) is 0.333. The van der Waals surface area contributed by atoms with Gasteiger partial charge >= 0.3 is 12.0 Å². The fourth-order valence-electron chi connectivity index (χ4n) is 1.26. The molecule has 0 atom stereocenters. The Balaban J connectivity index is 2.43. The normalized spacial score (nSPS) is 9.70. The van der Waals surface area contributed by atoms with Gasteiger partial charge in [-0.3, -0.25) is 9.78 Å². The molecule has 8 nitrogen and oxygen atoms in total. The molecule has 20 heavy (non-hydrogen) atoms. The number of aromatic nitrogens is 1. The van der Waals surface area contributed by atoms with Gasteiger partial charge in [0.1, 0.15) is 0 Å². The van der Waals surface area contributed by atoms with Crippen LogP contribution in [0.5, 0.6) is 0 Å². The van der Waals surface area contributed by atoms with Crippen molar-refractivity contribution in [3.63, 3.8) is 0 Å². The first-order chi connectivity index (χ1) is 9.40. The third kappa shape index (κ3) is 4.92. The van der Waals surface area contributed by atoms with Crippen molar-refractivity contribution in [3.8, 4) is 0 Å². The zero-order valence-corrected chi connectivity index (χ0v) is 11.2. The molecule has 0 radical (unpaired) electrons. The number of aromatic carboxylic acids is 1. The van der Waals surface area contributed by atoms with Crippen LogP contribution in [0.3, 0.4) is 0 Å². The first-order valence-electron chi connectivity index (χ1n) is 5.80. The molecule has 0 aliphatic heterocycles. The summed E-state index contributed by atoms with van der Waals surface area (Å²) in [6.45, 7) is -0.0372. The Bertz CT molecular complexity index is 516. The molecular formula is C12H16N4O4. The predicted molar refractivity (Wildman–Crippen MR) is 70.1 cm³/mol. The van der Waals surface area contributed by atoms with Crippen molar-refractivity contribution in [2.75, 3.05) is 20.6 Å². The van der Waals surface area contributed by atoms with Gasteiger partial charge in [0.25, 0.3) is 0 Å². The Morgan fingerprint density at radius 2 is 2.00 bits per heavy atom. The molecule has 8 heteroatoms. The van der Waals surface area contributed by atoms with Crippen LogP contribution in [0.1, 0.15) is 16.1 Å². The van der Waals surface area contributed by atoms with Crippen molar-refractivity contribution in [1.29, 1.82) is 0 Å². The quantitative estimate of drug-likeness (QED) is 0.683. The third-order valence-electron chi connectivity index (χ3n) is 2.39. The van der Waals surface area contributed by atoms with Gasteiger partial charge in [-0.1, -0.05) is 0 Å². The standard InChI is InChI=1S/C12H16N4O4/c1-16(2)10(17)7-15-12(20)14-6-9-5-8(11(18)19)3-4-13-9/h3-5H,6-7H2,1-2H3,(H,18,19)(H2,14,15,20). The Morgan fingerprint density at radius 1 is 1.30 bits per heavy atom. The lowest BCUT2D eigenvalue weighted by molar-refractivity contribution is -0.127. The van der Waals surface area contributed by atoms with Gasteiger partial charge < -0.3 is 20.6 Å². The average Bonchev–Trinajstić information content (AvgIpc) is 2.42. The van der Waals surface area contributed by atoms with Crippen molar-refractivity contribution < 1.29 is 19.5 Å². The van der Waals surface area contributed by atoms with E-state index in [-0.39, 0.29) is 24.6 Å². The van der Waals surface area contributed by atoms with E-state index in [1.54, 1.807) is 14.1 Å². The Morgan fingerprint density at radius 3 is 2.60 bits per heavy atom. The summed E-state index contributed by atoms with van der Waals surface area (Å²) >= 11 is 0. The minimum atomic E-state index is -1.06. The molecule has 0 aliphatic carbocycles. The second kappa shape index (κ2) is 7.07. The van der Waals surface area contributed by atoms with Crippen LogP contribution in [0.4, 0.5) is 4.79 Å². The molecule has 0 saturated heterocycles. The number of rotatable bonds is 5. The van der Waals surface area contributed by atoms with Crippen LogP contribution in [-0.4, -0.2) is 53.5 Å². The molecule has 0 unspecified atom stereocenters. The minimum absolute atomic E-state index is 0.0725. The molecule has 0 aliphatic rings. The van der Waals surface area contributed by atoms with Crippen LogP contribution in [0.25, 0.3) is 0 Å². The van der Waals surface area contributed by atoms with Crippen molar-refractivity contribution >= 4 is 17.9 Å². The average molecular weight is 280 g/mol. The first kappa shape index (κ1) is 15.4. The van der Waals surface area contributed by atoms with Crippen LogP contribution in [-0.2, 0) is 11.3 Å². The zero-order chi connectivity index (χ0) is 15.1. The smallest absolute Gasteiger partial charge is 0.335 e. The van der Waals surface area contributed by atoms with Crippen LogP contribution in [0.2, 0.25) is 0 Å². The minimum Gasteiger partial charge on any atom is -0.478 e. The maximum atomic E-state index is 11.4. The SMILES string of the molecule is CN(C)C(=O)CNC(=O)NCc1cc(C(=O)O)ccn1. The number of hydrogen-bond donors (Lipinski definition) is 3. The highest BCUT2D eigenvalue weighted by atomic mass is 16.4. The molecule has 0 saturated carbocycles. The number of carboxylic acids is 1. The monoisotopic (exact) mass is 280 g/mol. The highest BCUT2D eigenvalue weighted by Crippen LogP contribution is 2.01. The summed E-state index contributed by atoms with van der Waals surface area (Å²) < 4.78 is 0. The summed E-state index contributed by atoms with van der Waals surface area (Å²) in [6.07, 6.45) is 1.36. The second-order valence-electron chi connectivity index (χ2n) is 4.17. The number of carbonyl (C=O) groups excluding carboxylic acids is 2. The van der Waals surface area contributed by atoms with Gasteiger partial charge in [-0.2, -0.15) is 0 Å². The van der Waals surface area contributed by atoms with Crippen LogP contribution >= 0.6 is 0 Å². The lowest BCUT2D eigenvalue weighted by Crippen LogP contribution is -2.41. The molecule has 1 rings (SSSR count). The largest absolute Gasteiger partial charge is 0.478 e. The van der Waals surface area contributed by atoms with Crippen molar-refractivity contribution in [1.82, 2.24) is 20.5 Å². The molecule has 0 aromatic carbocycles. The summed E-state index contributed by atoms with van der Waals surface area (Å²) in [5.41, 5.74) is 0.513. The van der Waals surface area contributed by atoms with Crippen molar-refractivity contribution in [2.24, 2.45) is 0 Å². The van der Waals surface area contributed by atoms with Gasteiger partial charge in [-0.25, -0.2) is 9.59 Å². The zero-order valence-electron chi connectivity index (χ0n) is 11.2. The molecule has 108 valence electrons. The number of pyridine rings is 1. The van der Waals surface area contributed by atoms with Crippen molar-refractivity contribution in [3.05, 3.63) is 29.6 Å². The molecule has 0 fully saturated rings. The van der Waals surface area contributed by atoms with Gasteiger partial charge in [0.2, 0.25) is 5.91 Å². The van der Waals surface area contributed by atoms with Gasteiger partial charge in [0.15, 0.2) is 0 Å². The number of likely N-dealkylation sites (N-methyl/N-ethyl adjacent to an activating group) is 1. The number of nitrogens with zero attached hydrogens (tertiary/aromatic N) is 2. The van der Waals surface area contributed by atoms with Crippen molar-refractivity contribution in [2.45, 2.75) is 6.54 Å². The van der Waals surface area contributed by atoms with Gasteiger partial charge in [0.05, 0.1) is 24.3 Å². The lowest BCUT2D eigenvalue weighted by atomic mass is 10.2. The molecule has 1 heterocycles. The van der Waals surface area contributed by atoms with Crippen LogP contribution < -0.4 is 10.6 Å². The molecule has 0 spiro atoms. The van der Waals surface area contributed by atoms with E-state index in [9.17, 15) is 14.4 Å². The molecule has 3 N–H and O–H groups in total. The van der Waals surface area contributed by atoms with Crippen LogP contribution in [0, 0.1) is 0 Å². The molecule has 3 amide bonds. The van der Waals surface area contributed by atoms with E-state index >= 15 is 0 Å². The summed E-state index contributed by atoms with van der Waals surface area (Å²) in [4.78, 5) is 38.7. The lowest BCUT2D eigenvalue weighted by Gasteiger charge is -2.11. The third-order valence-corrected chi connectivity index (χ3v) is 2.39. The summed E-state index contributed by atoms with van der Waals surface area (Å²) in [5, 5.41) is 13.7. The second-order valence-corrected chi connectivity index (χ2v) is 4.17. The Hall–Kier alpha value is -2.64. The van der Waals surface area contributed by atoms with Gasteiger partial charge in [-0.15, -0.1) is 0 Å². The number of amides is 3. The number of urea groups is 1. The number of carbonyl (C=O) groups is 3. The molecule has 1 aromatic rings. The number of carboxylic acid groups (broad SMARTS) is 1. The van der Waals surface area contributed by atoms with E-state index in [1.807, 2.05) is 0 Å². The fourth-order valence-corrected chi connectivity index (χ4v) is 1.26. The van der Waals surface area contributed by atoms with Crippen LogP contribution in [0.15, 0.2) is 18.3 Å². The first-order valence-corrected chi connectivity index (χ1v) is 5.80. The summed E-state index contributed by atoms with van der Waals surface area (Å²) in [6, 6.07) is 2.21. The molecular weight excluding hydrogens is 264 g/mol. The van der Waals surface area contributed by atoms with E-state index in [1.165, 1.54) is 23.2 Å². The maximum absolute atomic E-state index is 11.4. The summed E-state index contributed by atoms with van der Waals surface area (Å²) in [5.74, 6) is -1.29. The van der Waals surface area contributed by atoms with Gasteiger partial charge in [0, 0.05) is 20.3 Å². The van der Waals surface area contributed by atoms with E-state index in [2.05, 4.69) is 15.6 Å². The van der Waals surface area contributed by atoms with E-state index < -0.39 is 12.0 Å². The highest BCUT2D eigenvalue weighted by Gasteiger charge is 2.08. The van der Waals surface area contributed by atoms with E-state index in [0.29, 0.717) is 5.69 Å². The topological polar surface area (TPSA) is 112 Å². The molecule has 1 aromatic heterocycles. The Labute approximate surface area is 115 Å². The number of hydrogen-bond acceptors (Lipinski definition) is 4. The number of nitrogens with one attached hydrogen (secondary N) is 2. The molecule has 0 bridgehead atoms. The Kier molecular flexibility index (Phi) is 5.45. The van der Waals surface area contributed by atoms with E-state index in [0.717, 1.165) is 0 Å². The predicted octanol–water partition coefficient (Wildman–Crippen LogP) is -0.333. The van der Waals surface area contributed by atoms with E-state index in [4.69, 9.17) is 5.11 Å². The maximum Gasteiger partial charge on any atom is 0.335 e.